The zero-order chi connectivity index (χ0) is 19.9. The van der Waals surface area contributed by atoms with Crippen molar-refractivity contribution in [1.29, 1.82) is 0 Å². The average molecular weight is 448 g/mol. The fourth-order valence-electron chi connectivity index (χ4n) is 2.85. The molecule has 4 aromatic rings. The second-order valence-electron chi connectivity index (χ2n) is 6.06. The fourth-order valence-corrected chi connectivity index (χ4v) is 3.11. The summed E-state index contributed by atoms with van der Waals surface area (Å²) in [7, 11) is 1.54. The van der Waals surface area contributed by atoms with E-state index in [1.165, 1.54) is 0 Å². The number of rotatable bonds is 3. The molecule has 0 atom stereocenters. The molecule has 0 amide bonds. The van der Waals surface area contributed by atoms with Gasteiger partial charge in [-0.2, -0.15) is 18.3 Å². The first-order chi connectivity index (χ1) is 13.3. The van der Waals surface area contributed by atoms with Crippen LogP contribution in [0.2, 0.25) is 0 Å². The Kier molecular flexibility index (Phi) is 4.58. The predicted molar refractivity (Wildman–Crippen MR) is 103 cm³/mol. The van der Waals surface area contributed by atoms with Gasteiger partial charge in [-0.15, -0.1) is 0 Å². The van der Waals surface area contributed by atoms with Gasteiger partial charge in [-0.3, -0.25) is 0 Å². The molecule has 0 bridgehead atoms. The van der Waals surface area contributed by atoms with Crippen molar-refractivity contribution in [2.75, 3.05) is 7.11 Å². The Morgan fingerprint density at radius 1 is 0.893 bits per heavy atom. The smallest absolute Gasteiger partial charge is 0.433 e. The number of hydrogen-bond acceptors (Lipinski definition) is 3. The Morgan fingerprint density at radius 3 is 2.11 bits per heavy atom. The van der Waals surface area contributed by atoms with Crippen molar-refractivity contribution in [2.45, 2.75) is 6.18 Å². The van der Waals surface area contributed by atoms with Gasteiger partial charge >= 0.3 is 6.18 Å². The van der Waals surface area contributed by atoms with Gasteiger partial charge in [0.2, 0.25) is 0 Å². The Labute approximate surface area is 166 Å². The van der Waals surface area contributed by atoms with Crippen LogP contribution < -0.4 is 4.74 Å². The van der Waals surface area contributed by atoms with E-state index in [2.05, 4.69) is 26.0 Å². The maximum absolute atomic E-state index is 13.7. The largest absolute Gasteiger partial charge is 0.497 e. The number of alkyl halides is 3. The standard InChI is InChI=1S/C20H13BrF3N3O/c1-28-15-8-4-13(5-9-15)17-11-19-25-16(12-2-6-14(21)7-3-12)10-18(20(22,23)24)27(19)26-17/h2-11H,1H3. The molecule has 0 fully saturated rings. The highest BCUT2D eigenvalue weighted by molar-refractivity contribution is 9.10. The van der Waals surface area contributed by atoms with Gasteiger partial charge in [0.15, 0.2) is 11.3 Å². The Bertz CT molecular complexity index is 1140. The number of nitrogens with zero attached hydrogens (tertiary/aromatic N) is 3. The van der Waals surface area contributed by atoms with Gasteiger partial charge in [0.05, 0.1) is 18.5 Å². The molecule has 0 spiro atoms. The molecule has 0 aliphatic rings. The lowest BCUT2D eigenvalue weighted by Crippen LogP contribution is -2.13. The van der Waals surface area contributed by atoms with Crippen LogP contribution in [-0.4, -0.2) is 21.7 Å². The van der Waals surface area contributed by atoms with E-state index < -0.39 is 11.9 Å². The first-order valence-corrected chi connectivity index (χ1v) is 9.03. The summed E-state index contributed by atoms with van der Waals surface area (Å²) in [5, 5.41) is 4.14. The molecule has 2 heterocycles. The van der Waals surface area contributed by atoms with E-state index in [-0.39, 0.29) is 11.3 Å². The molecule has 2 aromatic carbocycles. The van der Waals surface area contributed by atoms with E-state index in [0.717, 1.165) is 15.1 Å². The molecule has 0 unspecified atom stereocenters. The fraction of sp³-hybridized carbons (Fsp3) is 0.100. The topological polar surface area (TPSA) is 39.4 Å². The summed E-state index contributed by atoms with van der Waals surface area (Å²) in [6.45, 7) is 0. The summed E-state index contributed by atoms with van der Waals surface area (Å²) in [5.41, 5.74) is 1.13. The maximum Gasteiger partial charge on any atom is 0.433 e. The summed E-state index contributed by atoms with van der Waals surface area (Å²) in [5.74, 6) is 0.652. The van der Waals surface area contributed by atoms with Crippen LogP contribution in [0.4, 0.5) is 13.2 Å². The number of aromatic nitrogens is 3. The lowest BCUT2D eigenvalue weighted by Gasteiger charge is -2.11. The lowest BCUT2D eigenvalue weighted by atomic mass is 10.1. The third-order valence-electron chi connectivity index (χ3n) is 4.24. The Balaban J connectivity index is 1.89. The van der Waals surface area contributed by atoms with Crippen LogP contribution in [0, 0.1) is 0 Å². The number of ether oxygens (including phenoxy) is 1. The van der Waals surface area contributed by atoms with Gasteiger partial charge in [-0.25, -0.2) is 9.50 Å². The van der Waals surface area contributed by atoms with Crippen LogP contribution in [0.5, 0.6) is 5.75 Å². The SMILES string of the molecule is COc1ccc(-c2cc3nc(-c4ccc(Br)cc4)cc(C(F)(F)F)n3n2)cc1. The van der Waals surface area contributed by atoms with Crippen LogP contribution >= 0.6 is 15.9 Å². The normalized spacial score (nSPS) is 11.8. The minimum absolute atomic E-state index is 0.124. The molecule has 0 radical (unpaired) electrons. The van der Waals surface area contributed by atoms with Crippen molar-refractivity contribution in [3.63, 3.8) is 0 Å². The molecular weight excluding hydrogens is 435 g/mol. The van der Waals surface area contributed by atoms with Crippen molar-refractivity contribution < 1.29 is 17.9 Å². The summed E-state index contributed by atoms with van der Waals surface area (Å²) in [4.78, 5) is 4.39. The molecule has 0 aliphatic carbocycles. The molecule has 0 saturated carbocycles. The van der Waals surface area contributed by atoms with Crippen LogP contribution in [0.3, 0.4) is 0 Å². The third kappa shape index (κ3) is 3.47. The van der Waals surface area contributed by atoms with Gasteiger partial charge < -0.3 is 4.74 Å². The van der Waals surface area contributed by atoms with Crippen molar-refractivity contribution in [3.05, 3.63) is 70.8 Å². The highest BCUT2D eigenvalue weighted by Crippen LogP contribution is 2.33. The van der Waals surface area contributed by atoms with E-state index in [1.807, 2.05) is 0 Å². The number of methoxy groups -OCH3 is 1. The number of fused-ring (bicyclic) bond motifs is 1. The van der Waals surface area contributed by atoms with Gasteiger partial charge in [-0.05, 0) is 42.5 Å². The van der Waals surface area contributed by atoms with Crippen molar-refractivity contribution in [2.24, 2.45) is 0 Å². The minimum Gasteiger partial charge on any atom is -0.497 e. The molecule has 4 rings (SSSR count). The lowest BCUT2D eigenvalue weighted by molar-refractivity contribution is -0.142. The molecule has 0 aliphatic heterocycles. The second kappa shape index (κ2) is 6.94. The first kappa shape index (κ1) is 18.5. The molecule has 4 nitrogen and oxygen atoms in total. The van der Waals surface area contributed by atoms with Crippen molar-refractivity contribution in [3.8, 4) is 28.3 Å². The summed E-state index contributed by atoms with van der Waals surface area (Å²) in [6.07, 6.45) is -4.57. The zero-order valence-electron chi connectivity index (χ0n) is 14.5. The Hall–Kier alpha value is -2.87. The van der Waals surface area contributed by atoms with E-state index >= 15 is 0 Å². The van der Waals surface area contributed by atoms with Crippen molar-refractivity contribution >= 4 is 21.6 Å². The first-order valence-electron chi connectivity index (χ1n) is 8.23. The van der Waals surface area contributed by atoms with E-state index in [9.17, 15) is 13.2 Å². The van der Waals surface area contributed by atoms with Gasteiger partial charge in [0.25, 0.3) is 0 Å². The second-order valence-corrected chi connectivity index (χ2v) is 6.98. The van der Waals surface area contributed by atoms with E-state index in [0.29, 0.717) is 22.6 Å². The van der Waals surface area contributed by atoms with Crippen molar-refractivity contribution in [1.82, 2.24) is 14.6 Å². The summed E-state index contributed by atoms with van der Waals surface area (Å²) >= 11 is 3.32. The summed E-state index contributed by atoms with van der Waals surface area (Å²) in [6, 6.07) is 16.4. The highest BCUT2D eigenvalue weighted by atomic mass is 79.9. The quantitative estimate of drug-likeness (QED) is 0.395. The van der Waals surface area contributed by atoms with Gasteiger partial charge in [0.1, 0.15) is 5.75 Å². The number of benzene rings is 2. The third-order valence-corrected chi connectivity index (χ3v) is 4.77. The van der Waals surface area contributed by atoms with Gasteiger partial charge in [-0.1, -0.05) is 28.1 Å². The highest BCUT2D eigenvalue weighted by Gasteiger charge is 2.35. The van der Waals surface area contributed by atoms with Crippen LogP contribution in [-0.2, 0) is 6.18 Å². The molecule has 0 N–H and O–H groups in total. The van der Waals surface area contributed by atoms with E-state index in [4.69, 9.17) is 4.74 Å². The Morgan fingerprint density at radius 2 is 1.50 bits per heavy atom. The van der Waals surface area contributed by atoms with Crippen LogP contribution in [0.25, 0.3) is 28.2 Å². The monoisotopic (exact) mass is 447 g/mol. The van der Waals surface area contributed by atoms with Gasteiger partial charge in [0, 0.05) is 21.7 Å². The zero-order valence-corrected chi connectivity index (χ0v) is 16.1. The maximum atomic E-state index is 13.7. The average Bonchev–Trinajstić information content (AvgIpc) is 3.11. The van der Waals surface area contributed by atoms with Crippen LogP contribution in [0.1, 0.15) is 5.69 Å². The molecule has 142 valence electrons. The molecule has 0 saturated heterocycles. The number of hydrogen-bond donors (Lipinski definition) is 0. The van der Waals surface area contributed by atoms with Crippen LogP contribution in [0.15, 0.2) is 65.1 Å². The minimum atomic E-state index is -4.57. The summed E-state index contributed by atoms with van der Waals surface area (Å²) < 4.78 is 47.8. The molecule has 8 heteroatoms. The molecular formula is C20H13BrF3N3O. The number of halogens is 4. The molecule has 28 heavy (non-hydrogen) atoms. The van der Waals surface area contributed by atoms with E-state index in [1.54, 1.807) is 61.7 Å². The molecule has 2 aromatic heterocycles. The predicted octanol–water partition coefficient (Wildman–Crippen LogP) is 5.85.